The molecule has 0 aromatic heterocycles. The molecule has 0 saturated heterocycles. The number of hydrogen-bond donors (Lipinski definition) is 0. The van der Waals surface area contributed by atoms with Gasteiger partial charge in [0.05, 0.1) is 0 Å². The largest absolute Gasteiger partial charge is 0.0839 e. The second-order valence-corrected chi connectivity index (χ2v) is 3.99. The summed E-state index contributed by atoms with van der Waals surface area (Å²) in [4.78, 5) is 0. The summed E-state index contributed by atoms with van der Waals surface area (Å²) in [5.74, 6) is 1.30. The lowest BCUT2D eigenvalue weighted by atomic mass is 9.94. The predicted octanol–water partition coefficient (Wildman–Crippen LogP) is 4.19. The average molecular weight is 166 g/mol. The van der Waals surface area contributed by atoms with Gasteiger partial charge in [0.2, 0.25) is 0 Å². The molecule has 0 rings (SSSR count). The van der Waals surface area contributed by atoms with E-state index in [0.717, 1.165) is 0 Å². The van der Waals surface area contributed by atoms with Crippen molar-refractivity contribution >= 4 is 0 Å². The van der Waals surface area contributed by atoms with Crippen LogP contribution in [0.5, 0.6) is 0 Å². The first-order chi connectivity index (χ1) is 5.49. The molecule has 0 heterocycles. The molecule has 0 aliphatic carbocycles. The van der Waals surface area contributed by atoms with E-state index in [1.807, 2.05) is 0 Å². The van der Waals surface area contributed by atoms with E-state index >= 15 is 0 Å². The molecule has 0 aliphatic rings. The fraction of sp³-hybridized carbons (Fsp3) is 0.667. The van der Waals surface area contributed by atoms with E-state index in [1.54, 1.807) is 0 Å². The molecule has 0 spiro atoms. The van der Waals surface area contributed by atoms with Gasteiger partial charge in [0.25, 0.3) is 0 Å². The molecule has 70 valence electrons. The lowest BCUT2D eigenvalue weighted by Crippen LogP contribution is -1.96. The third-order valence-electron chi connectivity index (χ3n) is 1.97. The molecule has 0 nitrogen and oxygen atoms in total. The van der Waals surface area contributed by atoms with E-state index in [2.05, 4.69) is 53.7 Å². The average Bonchev–Trinajstić information content (AvgIpc) is 1.85. The lowest BCUT2D eigenvalue weighted by molar-refractivity contribution is 0.760. The Hall–Kier alpha value is -0.520. The molecule has 0 amide bonds. The van der Waals surface area contributed by atoms with E-state index < -0.39 is 0 Å². The van der Waals surface area contributed by atoms with Crippen LogP contribution in [0, 0.1) is 11.8 Å². The monoisotopic (exact) mass is 166 g/mol. The lowest BCUT2D eigenvalue weighted by Gasteiger charge is -2.12. The molecule has 0 unspecified atom stereocenters. The maximum absolute atomic E-state index is 2.33. The minimum Gasteiger partial charge on any atom is -0.0839 e. The molecule has 0 aromatic carbocycles. The highest BCUT2D eigenvalue weighted by Crippen LogP contribution is 2.20. The molecule has 0 bridgehead atoms. The molecular weight excluding hydrogens is 144 g/mol. The molecule has 0 N–H and O–H groups in total. The Morgan fingerprint density at radius 2 is 1.58 bits per heavy atom. The first kappa shape index (κ1) is 11.5. The van der Waals surface area contributed by atoms with E-state index in [-0.39, 0.29) is 0 Å². The van der Waals surface area contributed by atoms with E-state index in [9.17, 15) is 0 Å². The zero-order chi connectivity index (χ0) is 9.72. The summed E-state index contributed by atoms with van der Waals surface area (Å²) in [6.07, 6.45) is 4.55. The molecule has 0 fully saturated rings. The quantitative estimate of drug-likeness (QED) is 0.551. The summed E-state index contributed by atoms with van der Waals surface area (Å²) >= 11 is 0. The van der Waals surface area contributed by atoms with Crippen LogP contribution in [0.25, 0.3) is 0 Å². The van der Waals surface area contributed by atoms with Crippen molar-refractivity contribution in [2.75, 3.05) is 0 Å². The highest BCUT2D eigenvalue weighted by atomic mass is 14.1. The van der Waals surface area contributed by atoms with Crippen molar-refractivity contribution in [1.29, 1.82) is 0 Å². The van der Waals surface area contributed by atoms with Crippen LogP contribution in [0.15, 0.2) is 23.3 Å². The Kier molecular flexibility index (Phi) is 4.96. The Morgan fingerprint density at radius 3 is 1.83 bits per heavy atom. The summed E-state index contributed by atoms with van der Waals surface area (Å²) < 4.78 is 0. The van der Waals surface area contributed by atoms with Crippen molar-refractivity contribution in [1.82, 2.24) is 0 Å². The fourth-order valence-electron chi connectivity index (χ4n) is 1.61. The molecule has 0 saturated carbocycles. The summed E-state index contributed by atoms with van der Waals surface area (Å²) in [5.41, 5.74) is 2.91. The first-order valence-corrected chi connectivity index (χ1v) is 4.84. The molecule has 0 radical (unpaired) electrons. The summed E-state index contributed by atoms with van der Waals surface area (Å²) in [6.45, 7) is 13.2. The van der Waals surface area contributed by atoms with Crippen LogP contribution in [0.1, 0.15) is 41.5 Å². The van der Waals surface area contributed by atoms with E-state index in [1.165, 1.54) is 11.1 Å². The van der Waals surface area contributed by atoms with Gasteiger partial charge in [0.15, 0.2) is 0 Å². The standard InChI is InChI=1S/C12H22/c1-7-12(10(4)5)11(6)8-9(2)3/h7-10H,1-6H3/b11-8+,12-7+. The SMILES string of the molecule is C/C=C(/C(C)=C/C(C)C)C(C)C. The number of rotatable bonds is 3. The third-order valence-corrected chi connectivity index (χ3v) is 1.97. The zero-order valence-corrected chi connectivity index (χ0v) is 9.31. The minimum absolute atomic E-state index is 0.644. The van der Waals surface area contributed by atoms with E-state index in [0.29, 0.717) is 11.8 Å². The molecule has 0 heteroatoms. The summed E-state index contributed by atoms with van der Waals surface area (Å²) in [7, 11) is 0. The van der Waals surface area contributed by atoms with Gasteiger partial charge in [-0.15, -0.1) is 0 Å². The molecular formula is C12H22. The van der Waals surface area contributed by atoms with Crippen LogP contribution in [-0.4, -0.2) is 0 Å². The van der Waals surface area contributed by atoms with Crippen LogP contribution in [0.2, 0.25) is 0 Å². The van der Waals surface area contributed by atoms with Gasteiger partial charge in [-0.1, -0.05) is 45.4 Å². The van der Waals surface area contributed by atoms with Crippen molar-refractivity contribution in [2.24, 2.45) is 11.8 Å². The van der Waals surface area contributed by atoms with Gasteiger partial charge in [0, 0.05) is 0 Å². The van der Waals surface area contributed by atoms with Crippen LogP contribution in [-0.2, 0) is 0 Å². The summed E-state index contributed by atoms with van der Waals surface area (Å²) in [6, 6.07) is 0. The van der Waals surface area contributed by atoms with Crippen LogP contribution in [0.4, 0.5) is 0 Å². The smallest absolute Gasteiger partial charge is 0.0220 e. The number of allylic oxidation sites excluding steroid dienone is 4. The van der Waals surface area contributed by atoms with Crippen LogP contribution in [0.3, 0.4) is 0 Å². The third kappa shape index (κ3) is 3.75. The molecule has 0 aromatic rings. The topological polar surface area (TPSA) is 0 Å². The zero-order valence-electron chi connectivity index (χ0n) is 9.31. The van der Waals surface area contributed by atoms with Crippen molar-refractivity contribution in [3.63, 3.8) is 0 Å². The Morgan fingerprint density at radius 1 is 1.08 bits per heavy atom. The van der Waals surface area contributed by atoms with Crippen molar-refractivity contribution < 1.29 is 0 Å². The van der Waals surface area contributed by atoms with Crippen molar-refractivity contribution in [2.45, 2.75) is 41.5 Å². The van der Waals surface area contributed by atoms with Gasteiger partial charge in [-0.05, 0) is 31.3 Å². The van der Waals surface area contributed by atoms with Crippen molar-refractivity contribution in [3.8, 4) is 0 Å². The molecule has 0 aliphatic heterocycles. The summed E-state index contributed by atoms with van der Waals surface area (Å²) in [5, 5.41) is 0. The van der Waals surface area contributed by atoms with Gasteiger partial charge in [0.1, 0.15) is 0 Å². The van der Waals surface area contributed by atoms with Gasteiger partial charge < -0.3 is 0 Å². The molecule has 0 atom stereocenters. The van der Waals surface area contributed by atoms with Gasteiger partial charge in [-0.25, -0.2) is 0 Å². The number of hydrogen-bond acceptors (Lipinski definition) is 0. The van der Waals surface area contributed by atoms with Crippen LogP contribution < -0.4 is 0 Å². The highest BCUT2D eigenvalue weighted by molar-refractivity contribution is 5.30. The predicted molar refractivity (Wildman–Crippen MR) is 57.2 cm³/mol. The van der Waals surface area contributed by atoms with Crippen molar-refractivity contribution in [3.05, 3.63) is 23.3 Å². The second kappa shape index (κ2) is 5.18. The normalized spacial score (nSPS) is 14.7. The Bertz CT molecular complexity index is 180. The molecule has 12 heavy (non-hydrogen) atoms. The highest BCUT2D eigenvalue weighted by Gasteiger charge is 2.03. The Balaban J connectivity index is 4.55. The maximum Gasteiger partial charge on any atom is -0.0220 e. The van der Waals surface area contributed by atoms with Gasteiger partial charge in [-0.2, -0.15) is 0 Å². The van der Waals surface area contributed by atoms with Crippen LogP contribution >= 0.6 is 0 Å². The van der Waals surface area contributed by atoms with Gasteiger partial charge >= 0.3 is 0 Å². The van der Waals surface area contributed by atoms with Gasteiger partial charge in [-0.3, -0.25) is 0 Å². The fourth-order valence-corrected chi connectivity index (χ4v) is 1.61. The minimum atomic E-state index is 0.644. The maximum atomic E-state index is 2.33. The second-order valence-electron chi connectivity index (χ2n) is 3.99. The Labute approximate surface area is 77.4 Å². The van der Waals surface area contributed by atoms with E-state index in [4.69, 9.17) is 0 Å². The first-order valence-electron chi connectivity index (χ1n) is 4.84.